The van der Waals surface area contributed by atoms with Crippen LogP contribution < -0.4 is 5.73 Å². The van der Waals surface area contributed by atoms with Gasteiger partial charge in [-0.15, -0.1) is 0 Å². The summed E-state index contributed by atoms with van der Waals surface area (Å²) in [6.07, 6.45) is 4.69. The fourth-order valence-corrected chi connectivity index (χ4v) is 2.76. The number of benzene rings is 1. The second-order valence-corrected chi connectivity index (χ2v) is 5.55. The van der Waals surface area contributed by atoms with Crippen molar-refractivity contribution < 1.29 is 4.39 Å². The zero-order chi connectivity index (χ0) is 14.1. The summed E-state index contributed by atoms with van der Waals surface area (Å²) in [5.41, 5.74) is 9.13. The highest BCUT2D eigenvalue weighted by Gasteiger charge is 2.22. The van der Waals surface area contributed by atoms with Gasteiger partial charge in [-0.25, -0.2) is 9.07 Å². The Morgan fingerprint density at radius 1 is 1.30 bits per heavy atom. The minimum Gasteiger partial charge on any atom is -0.384 e. The minimum atomic E-state index is -0.228. The molecule has 0 bridgehead atoms. The van der Waals surface area contributed by atoms with Crippen LogP contribution in [0.2, 0.25) is 0 Å². The van der Waals surface area contributed by atoms with E-state index in [1.165, 1.54) is 31.4 Å². The predicted octanol–water partition coefficient (Wildman–Crippen LogP) is 3.63. The third-order valence-corrected chi connectivity index (χ3v) is 4.22. The quantitative estimate of drug-likeness (QED) is 0.924. The lowest BCUT2D eigenvalue weighted by atomic mass is 9.85. The molecule has 3 nitrogen and oxygen atoms in total. The summed E-state index contributed by atoms with van der Waals surface area (Å²) < 4.78 is 15.0. The van der Waals surface area contributed by atoms with Crippen molar-refractivity contribution in [3.05, 3.63) is 35.6 Å². The van der Waals surface area contributed by atoms with Gasteiger partial charge in [0.25, 0.3) is 0 Å². The van der Waals surface area contributed by atoms with Crippen molar-refractivity contribution in [3.63, 3.8) is 0 Å². The third-order valence-electron chi connectivity index (χ3n) is 4.22. The van der Waals surface area contributed by atoms with Crippen LogP contribution in [0.4, 0.5) is 10.2 Å². The highest BCUT2D eigenvalue weighted by atomic mass is 19.1. The highest BCUT2D eigenvalue weighted by Crippen LogP contribution is 2.32. The summed E-state index contributed by atoms with van der Waals surface area (Å²) in [7, 11) is 0. The molecule has 1 aromatic heterocycles. The Hall–Kier alpha value is -1.84. The maximum atomic E-state index is 13.0. The lowest BCUT2D eigenvalue weighted by Gasteiger charge is -2.25. The number of hydrogen-bond acceptors (Lipinski definition) is 2. The average molecular weight is 273 g/mol. The Balaban J connectivity index is 1.96. The highest BCUT2D eigenvalue weighted by molar-refractivity contribution is 5.68. The van der Waals surface area contributed by atoms with E-state index in [0.717, 1.165) is 35.6 Å². The van der Waals surface area contributed by atoms with Crippen LogP contribution in [0.5, 0.6) is 0 Å². The van der Waals surface area contributed by atoms with Crippen molar-refractivity contribution in [2.24, 2.45) is 5.92 Å². The van der Waals surface area contributed by atoms with Crippen molar-refractivity contribution in [2.45, 2.75) is 39.2 Å². The zero-order valence-electron chi connectivity index (χ0n) is 11.8. The summed E-state index contributed by atoms with van der Waals surface area (Å²) in [6, 6.07) is 6.47. The van der Waals surface area contributed by atoms with E-state index in [2.05, 4.69) is 12.0 Å². The molecule has 4 heteroatoms. The molecular formula is C16H20FN3. The van der Waals surface area contributed by atoms with E-state index < -0.39 is 0 Å². The number of halogens is 1. The molecule has 0 amide bonds. The first-order valence-corrected chi connectivity index (χ1v) is 7.30. The molecule has 2 aromatic rings. The predicted molar refractivity (Wildman–Crippen MR) is 78.8 cm³/mol. The van der Waals surface area contributed by atoms with Gasteiger partial charge in [-0.2, -0.15) is 5.10 Å². The maximum absolute atomic E-state index is 13.0. The lowest BCUT2D eigenvalue weighted by Crippen LogP contribution is -2.20. The van der Waals surface area contributed by atoms with E-state index >= 15 is 0 Å². The van der Waals surface area contributed by atoms with E-state index in [1.54, 1.807) is 12.1 Å². The second kappa shape index (κ2) is 5.27. The number of nitrogen functional groups attached to an aromatic ring is 1. The van der Waals surface area contributed by atoms with Crippen LogP contribution in [0, 0.1) is 11.7 Å². The number of nitrogens with two attached hydrogens (primary N) is 1. The Morgan fingerprint density at radius 2 is 2.00 bits per heavy atom. The lowest BCUT2D eigenvalue weighted by molar-refractivity contribution is 0.268. The van der Waals surface area contributed by atoms with Crippen LogP contribution in [0.25, 0.3) is 11.3 Å². The molecule has 2 N–H and O–H groups in total. The van der Waals surface area contributed by atoms with Gasteiger partial charge in [-0.3, -0.25) is 0 Å². The molecule has 1 aliphatic rings. The summed E-state index contributed by atoms with van der Waals surface area (Å²) in [4.78, 5) is 0. The van der Waals surface area contributed by atoms with Gasteiger partial charge in [-0.1, -0.05) is 13.3 Å². The number of nitrogens with zero attached hydrogens (tertiary/aromatic N) is 2. The topological polar surface area (TPSA) is 43.8 Å². The molecule has 3 rings (SSSR count). The van der Waals surface area contributed by atoms with Gasteiger partial charge in [0.2, 0.25) is 0 Å². The van der Waals surface area contributed by atoms with Crippen LogP contribution in [0.1, 0.15) is 31.7 Å². The van der Waals surface area contributed by atoms with Gasteiger partial charge in [0.05, 0.1) is 5.69 Å². The fraction of sp³-hybridized carbons (Fsp3) is 0.438. The molecule has 1 saturated carbocycles. The smallest absolute Gasteiger partial charge is 0.125 e. The van der Waals surface area contributed by atoms with E-state index in [4.69, 9.17) is 5.73 Å². The molecule has 0 aliphatic heterocycles. The Labute approximate surface area is 118 Å². The molecular weight excluding hydrogens is 253 g/mol. The minimum absolute atomic E-state index is 0.228. The molecule has 20 heavy (non-hydrogen) atoms. The van der Waals surface area contributed by atoms with E-state index in [9.17, 15) is 4.39 Å². The molecule has 0 atom stereocenters. The first kappa shape index (κ1) is 13.2. The maximum Gasteiger partial charge on any atom is 0.125 e. The monoisotopic (exact) mass is 273 g/mol. The van der Waals surface area contributed by atoms with Crippen LogP contribution >= 0.6 is 0 Å². The second-order valence-electron chi connectivity index (χ2n) is 5.55. The van der Waals surface area contributed by atoms with Gasteiger partial charge >= 0.3 is 0 Å². The number of rotatable bonds is 4. The van der Waals surface area contributed by atoms with Gasteiger partial charge in [0, 0.05) is 17.7 Å². The third kappa shape index (κ3) is 2.30. The summed E-state index contributed by atoms with van der Waals surface area (Å²) in [5.74, 6) is 1.25. The Morgan fingerprint density at radius 3 is 2.55 bits per heavy atom. The van der Waals surface area contributed by atoms with Crippen LogP contribution in [0.3, 0.4) is 0 Å². The zero-order valence-corrected chi connectivity index (χ0v) is 11.8. The van der Waals surface area contributed by atoms with Crippen molar-refractivity contribution in [1.82, 2.24) is 9.78 Å². The molecule has 106 valence electrons. The standard InChI is InChI=1S/C16H20FN3/c1-2-14-15(12-6-8-13(17)9-7-12)19-20(16(14)18)10-11-4-3-5-11/h6-9,11H,2-5,10,18H2,1H3. The molecule has 0 spiro atoms. The number of aromatic nitrogens is 2. The van der Waals surface area contributed by atoms with E-state index in [1.807, 2.05) is 4.68 Å². The van der Waals surface area contributed by atoms with Gasteiger partial charge in [-0.05, 0) is 49.4 Å². The first-order valence-electron chi connectivity index (χ1n) is 7.30. The Kier molecular flexibility index (Phi) is 3.47. The van der Waals surface area contributed by atoms with Gasteiger partial charge < -0.3 is 5.73 Å². The van der Waals surface area contributed by atoms with E-state index in [-0.39, 0.29) is 5.82 Å². The molecule has 0 radical (unpaired) electrons. The molecule has 1 aromatic carbocycles. The largest absolute Gasteiger partial charge is 0.384 e. The van der Waals surface area contributed by atoms with Crippen molar-refractivity contribution in [1.29, 1.82) is 0 Å². The molecule has 0 unspecified atom stereocenters. The summed E-state index contributed by atoms with van der Waals surface area (Å²) in [6.45, 7) is 2.98. The number of anilines is 1. The normalized spacial score (nSPS) is 15.3. The summed E-state index contributed by atoms with van der Waals surface area (Å²) in [5, 5.41) is 4.67. The van der Waals surface area contributed by atoms with Gasteiger partial charge in [0.1, 0.15) is 11.6 Å². The van der Waals surface area contributed by atoms with Crippen molar-refractivity contribution in [3.8, 4) is 11.3 Å². The van der Waals surface area contributed by atoms with E-state index in [0.29, 0.717) is 5.92 Å². The fourth-order valence-electron chi connectivity index (χ4n) is 2.76. The van der Waals surface area contributed by atoms with Crippen LogP contribution in [-0.2, 0) is 13.0 Å². The molecule has 0 saturated heterocycles. The molecule has 1 fully saturated rings. The van der Waals surface area contributed by atoms with Crippen LogP contribution in [-0.4, -0.2) is 9.78 Å². The van der Waals surface area contributed by atoms with Crippen molar-refractivity contribution >= 4 is 5.82 Å². The molecule has 1 heterocycles. The first-order chi connectivity index (χ1) is 9.69. The SMILES string of the molecule is CCc1c(-c2ccc(F)cc2)nn(CC2CCC2)c1N. The Bertz CT molecular complexity index is 597. The van der Waals surface area contributed by atoms with Crippen LogP contribution in [0.15, 0.2) is 24.3 Å². The van der Waals surface area contributed by atoms with Gasteiger partial charge in [0.15, 0.2) is 0 Å². The van der Waals surface area contributed by atoms with Crippen molar-refractivity contribution in [2.75, 3.05) is 5.73 Å². The summed E-state index contributed by atoms with van der Waals surface area (Å²) >= 11 is 0. The molecule has 1 aliphatic carbocycles. The average Bonchev–Trinajstić information content (AvgIpc) is 2.71. The number of hydrogen-bond donors (Lipinski definition) is 1.